The summed E-state index contributed by atoms with van der Waals surface area (Å²) in [5.74, 6) is 0.0980. The lowest BCUT2D eigenvalue weighted by Gasteiger charge is -2.17. The van der Waals surface area contributed by atoms with Gasteiger partial charge < -0.3 is 19.5 Å². The summed E-state index contributed by atoms with van der Waals surface area (Å²) >= 11 is 13.9. The Labute approximate surface area is 137 Å². The first-order chi connectivity index (χ1) is 9.54. The van der Waals surface area contributed by atoms with Crippen LogP contribution in [0.1, 0.15) is 6.23 Å². The van der Waals surface area contributed by atoms with E-state index in [-0.39, 0.29) is 5.88 Å². The van der Waals surface area contributed by atoms with Gasteiger partial charge in [-0.1, -0.05) is 11.6 Å². The van der Waals surface area contributed by atoms with Crippen molar-refractivity contribution in [3.63, 3.8) is 0 Å². The smallest absolute Gasteiger partial charge is 0.164 e. The quantitative estimate of drug-likeness (QED) is 0.430. The minimum atomic E-state index is -1.08. The van der Waals surface area contributed by atoms with Gasteiger partial charge in [-0.05, 0) is 22.6 Å². The number of rotatable bonds is 2. The van der Waals surface area contributed by atoms with Crippen LogP contribution < -0.4 is 0 Å². The fraction of sp³-hybridized carbons (Fsp3) is 0.455. The highest BCUT2D eigenvalue weighted by Gasteiger charge is 2.43. The number of aliphatic hydroxyl groups is 2. The average molecular weight is 430 g/mol. The third kappa shape index (κ3) is 2.20. The second kappa shape index (κ2) is 5.54. The summed E-state index contributed by atoms with van der Waals surface area (Å²) in [6, 6.07) is 0. The van der Waals surface area contributed by atoms with Crippen molar-refractivity contribution in [3.05, 3.63) is 21.2 Å². The number of alkyl halides is 1. The molecule has 1 aliphatic rings. The lowest BCUT2D eigenvalue weighted by molar-refractivity contribution is -0.0289. The predicted octanol–water partition coefficient (Wildman–Crippen LogP) is 1.55. The molecule has 3 rings (SSSR count). The Hall–Kier alpha value is -0.190. The van der Waals surface area contributed by atoms with E-state index in [4.69, 9.17) is 27.9 Å². The van der Waals surface area contributed by atoms with Gasteiger partial charge in [-0.3, -0.25) is 0 Å². The van der Waals surface area contributed by atoms with Crippen LogP contribution in [-0.2, 0) is 4.74 Å². The van der Waals surface area contributed by atoms with Gasteiger partial charge in [-0.15, -0.1) is 11.6 Å². The number of aromatic nitrogens is 3. The van der Waals surface area contributed by atoms with Crippen molar-refractivity contribution < 1.29 is 14.9 Å². The summed E-state index contributed by atoms with van der Waals surface area (Å²) in [6.45, 7) is 0. The molecule has 0 unspecified atom stereocenters. The van der Waals surface area contributed by atoms with Crippen LogP contribution in [0.4, 0.5) is 0 Å². The number of ether oxygens (including phenoxy) is 1. The molecule has 0 radical (unpaired) electrons. The van der Waals surface area contributed by atoms with Crippen LogP contribution in [0.5, 0.6) is 0 Å². The first kappa shape index (κ1) is 14.7. The van der Waals surface area contributed by atoms with Crippen LogP contribution in [0.3, 0.4) is 0 Å². The summed E-state index contributed by atoms with van der Waals surface area (Å²) in [5, 5.41) is 21.0. The number of aliphatic hydroxyl groups excluding tert-OH is 2. The van der Waals surface area contributed by atoms with E-state index >= 15 is 0 Å². The molecule has 20 heavy (non-hydrogen) atoms. The molecular formula is C11H10Cl2IN3O3. The van der Waals surface area contributed by atoms with E-state index in [0.29, 0.717) is 16.2 Å². The van der Waals surface area contributed by atoms with E-state index < -0.39 is 24.5 Å². The lowest BCUT2D eigenvalue weighted by Crippen LogP contribution is -2.32. The summed E-state index contributed by atoms with van der Waals surface area (Å²) in [7, 11) is 0. The van der Waals surface area contributed by atoms with E-state index in [0.717, 1.165) is 3.57 Å². The van der Waals surface area contributed by atoms with Gasteiger partial charge in [-0.2, -0.15) is 0 Å². The molecule has 0 bridgehead atoms. The van der Waals surface area contributed by atoms with Gasteiger partial charge in [0, 0.05) is 9.77 Å². The molecule has 1 aliphatic heterocycles. The van der Waals surface area contributed by atoms with Crippen molar-refractivity contribution in [2.75, 3.05) is 5.88 Å². The standard InChI is InChI=1S/C11H10Cl2IN3O3/c12-1-5-7(18)8(19)11(20-5)17-2-4(14)6-9(13)15-3-16-10(6)17/h2-3,5,7-8,11,18-19H,1H2/t5-,7+,8+,11+/m0/s1. The molecule has 1 saturated heterocycles. The number of hydrogen-bond acceptors (Lipinski definition) is 5. The first-order valence-electron chi connectivity index (χ1n) is 5.78. The number of halogens is 3. The Morgan fingerprint density at radius 2 is 2.10 bits per heavy atom. The SMILES string of the molecule is O[C@@H]1[C@H](O)[C@H](CCl)O[C@H]1n1cc(I)c2c(Cl)ncnc21. The molecular weight excluding hydrogens is 420 g/mol. The molecule has 9 heteroatoms. The molecule has 2 aromatic heterocycles. The highest BCUT2D eigenvalue weighted by molar-refractivity contribution is 14.1. The van der Waals surface area contributed by atoms with Crippen molar-refractivity contribution in [2.45, 2.75) is 24.5 Å². The van der Waals surface area contributed by atoms with Gasteiger partial charge in [0.05, 0.1) is 11.3 Å². The highest BCUT2D eigenvalue weighted by atomic mass is 127. The highest BCUT2D eigenvalue weighted by Crippen LogP contribution is 2.35. The Morgan fingerprint density at radius 1 is 1.35 bits per heavy atom. The number of nitrogens with zero attached hydrogens (tertiary/aromatic N) is 3. The summed E-state index contributed by atoms with van der Waals surface area (Å²) in [6.07, 6.45) is -0.407. The van der Waals surface area contributed by atoms with Crippen LogP contribution in [0, 0.1) is 3.57 Å². The number of fused-ring (bicyclic) bond motifs is 1. The van der Waals surface area contributed by atoms with Gasteiger partial charge in [0.15, 0.2) is 6.23 Å². The maximum Gasteiger partial charge on any atom is 0.164 e. The van der Waals surface area contributed by atoms with Crippen LogP contribution >= 0.6 is 45.8 Å². The summed E-state index contributed by atoms with van der Waals surface area (Å²) < 4.78 is 8.09. The summed E-state index contributed by atoms with van der Waals surface area (Å²) in [4.78, 5) is 8.11. The monoisotopic (exact) mass is 429 g/mol. The van der Waals surface area contributed by atoms with Crippen LogP contribution in [-0.4, -0.2) is 48.9 Å². The Bertz CT molecular complexity index is 653. The van der Waals surface area contributed by atoms with Crippen molar-refractivity contribution >= 4 is 56.8 Å². The maximum atomic E-state index is 10.1. The van der Waals surface area contributed by atoms with Crippen LogP contribution in [0.15, 0.2) is 12.5 Å². The summed E-state index contributed by atoms with van der Waals surface area (Å²) in [5.41, 5.74) is 0.542. The molecule has 0 saturated carbocycles. The molecule has 0 spiro atoms. The van der Waals surface area contributed by atoms with Gasteiger partial charge >= 0.3 is 0 Å². The van der Waals surface area contributed by atoms with E-state index in [9.17, 15) is 10.2 Å². The number of hydrogen-bond donors (Lipinski definition) is 2. The zero-order valence-electron chi connectivity index (χ0n) is 9.95. The van der Waals surface area contributed by atoms with E-state index in [1.54, 1.807) is 10.8 Å². The van der Waals surface area contributed by atoms with E-state index in [2.05, 4.69) is 32.6 Å². The van der Waals surface area contributed by atoms with Crippen LogP contribution in [0.2, 0.25) is 5.15 Å². The normalized spacial score (nSPS) is 30.2. The Morgan fingerprint density at radius 3 is 2.75 bits per heavy atom. The molecule has 0 aliphatic carbocycles. The molecule has 4 atom stereocenters. The largest absolute Gasteiger partial charge is 0.387 e. The molecule has 108 valence electrons. The zero-order chi connectivity index (χ0) is 14.4. The third-order valence-electron chi connectivity index (χ3n) is 3.28. The minimum absolute atomic E-state index is 0.0980. The van der Waals surface area contributed by atoms with Gasteiger partial charge in [0.25, 0.3) is 0 Å². The Kier molecular flexibility index (Phi) is 4.08. The molecule has 1 fully saturated rings. The van der Waals surface area contributed by atoms with Gasteiger partial charge in [-0.25, -0.2) is 9.97 Å². The fourth-order valence-electron chi connectivity index (χ4n) is 2.28. The lowest BCUT2D eigenvalue weighted by atomic mass is 10.1. The molecule has 0 aromatic carbocycles. The van der Waals surface area contributed by atoms with Crippen LogP contribution in [0.25, 0.3) is 11.0 Å². The molecule has 6 nitrogen and oxygen atoms in total. The second-order valence-electron chi connectivity index (χ2n) is 4.45. The third-order valence-corrected chi connectivity index (χ3v) is 4.69. The van der Waals surface area contributed by atoms with Gasteiger partial charge in [0.1, 0.15) is 35.4 Å². The van der Waals surface area contributed by atoms with Crippen molar-refractivity contribution in [1.82, 2.24) is 14.5 Å². The van der Waals surface area contributed by atoms with Gasteiger partial charge in [0.2, 0.25) is 0 Å². The Balaban J connectivity index is 2.10. The molecule has 2 aromatic rings. The first-order valence-corrected chi connectivity index (χ1v) is 7.77. The molecule has 3 heterocycles. The van der Waals surface area contributed by atoms with E-state index in [1.165, 1.54) is 6.33 Å². The minimum Gasteiger partial charge on any atom is -0.387 e. The fourth-order valence-corrected chi connectivity index (χ4v) is 3.73. The van der Waals surface area contributed by atoms with Crippen molar-refractivity contribution in [3.8, 4) is 0 Å². The van der Waals surface area contributed by atoms with E-state index in [1.807, 2.05) is 0 Å². The topological polar surface area (TPSA) is 80.4 Å². The van der Waals surface area contributed by atoms with Crippen molar-refractivity contribution in [1.29, 1.82) is 0 Å². The average Bonchev–Trinajstić information content (AvgIpc) is 2.90. The zero-order valence-corrected chi connectivity index (χ0v) is 13.6. The second-order valence-corrected chi connectivity index (χ2v) is 6.28. The molecule has 0 amide bonds. The maximum absolute atomic E-state index is 10.1. The molecule has 2 N–H and O–H groups in total. The van der Waals surface area contributed by atoms with Crippen molar-refractivity contribution in [2.24, 2.45) is 0 Å². The predicted molar refractivity (Wildman–Crippen MR) is 81.9 cm³/mol.